The van der Waals surface area contributed by atoms with Crippen LogP contribution in [0.3, 0.4) is 0 Å². The lowest BCUT2D eigenvalue weighted by molar-refractivity contribution is -0.129. The van der Waals surface area contributed by atoms with E-state index < -0.39 is 5.97 Å². The highest BCUT2D eigenvalue weighted by Crippen LogP contribution is 2.16. The molecule has 0 saturated heterocycles. The number of hydrogen-bond donors (Lipinski definition) is 0. The minimum absolute atomic E-state index is 0.274. The molecule has 0 saturated carbocycles. The van der Waals surface area contributed by atoms with Crippen LogP contribution in [-0.4, -0.2) is 16.9 Å². The fraction of sp³-hybridized carbons (Fsp3) is 0. The molecule has 0 spiro atoms. The summed E-state index contributed by atoms with van der Waals surface area (Å²) >= 11 is 0. The first-order chi connectivity index (χ1) is 10.3. The van der Waals surface area contributed by atoms with Crippen molar-refractivity contribution in [2.24, 2.45) is 4.99 Å². The molecule has 0 N–H and O–H groups in total. The summed E-state index contributed by atoms with van der Waals surface area (Å²) in [5.74, 6) is -0.162. The van der Waals surface area contributed by atoms with Crippen molar-refractivity contribution in [2.45, 2.75) is 0 Å². The zero-order chi connectivity index (χ0) is 14.5. The summed E-state index contributed by atoms with van der Waals surface area (Å²) in [7, 11) is 0. The van der Waals surface area contributed by atoms with Crippen LogP contribution in [0.2, 0.25) is 0 Å². The minimum atomic E-state index is -0.452. The molecular formula is C17H12N2O2. The Hall–Kier alpha value is -3.01. The molecular weight excluding hydrogens is 264 g/mol. The van der Waals surface area contributed by atoms with Gasteiger partial charge in [-0.25, -0.2) is 9.79 Å². The Bertz CT molecular complexity index is 732. The quantitative estimate of drug-likeness (QED) is 0.639. The van der Waals surface area contributed by atoms with E-state index in [1.165, 1.54) is 0 Å². The maximum absolute atomic E-state index is 11.7. The molecule has 0 atom stereocenters. The molecule has 0 unspecified atom stereocenters. The van der Waals surface area contributed by atoms with Gasteiger partial charge in [0.05, 0.1) is 0 Å². The molecule has 1 aliphatic rings. The fourth-order valence-corrected chi connectivity index (χ4v) is 1.85. The van der Waals surface area contributed by atoms with Gasteiger partial charge in [-0.05, 0) is 29.3 Å². The van der Waals surface area contributed by atoms with E-state index in [2.05, 4.69) is 9.98 Å². The van der Waals surface area contributed by atoms with E-state index in [9.17, 15) is 4.79 Å². The average molecular weight is 276 g/mol. The van der Waals surface area contributed by atoms with Crippen molar-refractivity contribution >= 4 is 24.0 Å². The third-order valence-electron chi connectivity index (χ3n) is 2.84. The Balaban J connectivity index is 1.80. The molecule has 0 amide bonds. The van der Waals surface area contributed by atoms with Crippen LogP contribution in [0.5, 0.6) is 0 Å². The fourth-order valence-electron chi connectivity index (χ4n) is 1.85. The number of cyclic esters (lactones) is 1. The van der Waals surface area contributed by atoms with Gasteiger partial charge < -0.3 is 4.74 Å². The van der Waals surface area contributed by atoms with Crippen LogP contribution in [0.25, 0.3) is 12.2 Å². The van der Waals surface area contributed by atoms with E-state index >= 15 is 0 Å². The van der Waals surface area contributed by atoms with Crippen molar-refractivity contribution in [2.75, 3.05) is 0 Å². The van der Waals surface area contributed by atoms with Gasteiger partial charge in [0.1, 0.15) is 0 Å². The summed E-state index contributed by atoms with van der Waals surface area (Å²) < 4.78 is 5.10. The van der Waals surface area contributed by atoms with Crippen molar-refractivity contribution in [1.82, 2.24) is 4.98 Å². The van der Waals surface area contributed by atoms with E-state index in [-0.39, 0.29) is 5.70 Å². The van der Waals surface area contributed by atoms with Crippen molar-refractivity contribution in [3.63, 3.8) is 0 Å². The highest BCUT2D eigenvalue weighted by molar-refractivity contribution is 6.11. The summed E-state index contributed by atoms with van der Waals surface area (Å²) in [5.41, 5.74) is 2.10. The molecule has 1 aromatic carbocycles. The standard InChI is InChI=1S/C17H12N2O2/c20-17-15(11-14-7-4-10-18-12-14)19-16(21-17)9-8-13-5-2-1-3-6-13/h1-12H/b9-8+,15-11?. The molecule has 1 aromatic heterocycles. The molecule has 2 aromatic rings. The Labute approximate surface area is 122 Å². The molecule has 2 heterocycles. The molecule has 0 aliphatic carbocycles. The third-order valence-corrected chi connectivity index (χ3v) is 2.84. The second-order valence-corrected chi connectivity index (χ2v) is 4.40. The molecule has 102 valence electrons. The average Bonchev–Trinajstić information content (AvgIpc) is 2.87. The van der Waals surface area contributed by atoms with E-state index in [0.717, 1.165) is 11.1 Å². The van der Waals surface area contributed by atoms with Gasteiger partial charge in [0.2, 0.25) is 5.90 Å². The summed E-state index contributed by atoms with van der Waals surface area (Å²) in [6.07, 6.45) is 8.51. The SMILES string of the molecule is O=C1OC(/C=C/c2ccccc2)=NC1=Cc1cccnc1. The van der Waals surface area contributed by atoms with Crippen molar-refractivity contribution in [1.29, 1.82) is 0 Å². The minimum Gasteiger partial charge on any atom is -0.403 e. The predicted octanol–water partition coefficient (Wildman–Crippen LogP) is 3.09. The number of carbonyl (C=O) groups excluding carboxylic acids is 1. The Kier molecular flexibility index (Phi) is 3.69. The van der Waals surface area contributed by atoms with E-state index in [1.807, 2.05) is 42.5 Å². The number of esters is 1. The van der Waals surface area contributed by atoms with Crippen LogP contribution in [0.1, 0.15) is 11.1 Å². The summed E-state index contributed by atoms with van der Waals surface area (Å²) in [4.78, 5) is 19.9. The largest absolute Gasteiger partial charge is 0.403 e. The van der Waals surface area contributed by atoms with Gasteiger partial charge >= 0.3 is 5.97 Å². The van der Waals surface area contributed by atoms with Gasteiger partial charge in [-0.1, -0.05) is 36.4 Å². The smallest absolute Gasteiger partial charge is 0.363 e. The van der Waals surface area contributed by atoms with Crippen LogP contribution in [-0.2, 0) is 9.53 Å². The first kappa shape index (κ1) is 13.0. The maximum Gasteiger partial charge on any atom is 0.363 e. The Morgan fingerprint density at radius 2 is 1.76 bits per heavy atom. The number of benzene rings is 1. The zero-order valence-electron chi connectivity index (χ0n) is 11.1. The highest BCUT2D eigenvalue weighted by atomic mass is 16.6. The second-order valence-electron chi connectivity index (χ2n) is 4.40. The number of aliphatic imine (C=N–C) groups is 1. The number of rotatable bonds is 3. The number of hydrogen-bond acceptors (Lipinski definition) is 4. The van der Waals surface area contributed by atoms with Crippen LogP contribution < -0.4 is 0 Å². The normalized spacial score (nSPS) is 16.3. The molecule has 4 nitrogen and oxygen atoms in total. The van der Waals surface area contributed by atoms with Crippen molar-refractivity contribution in [3.05, 3.63) is 77.8 Å². The predicted molar refractivity (Wildman–Crippen MR) is 81.2 cm³/mol. The van der Waals surface area contributed by atoms with Gasteiger partial charge in [-0.15, -0.1) is 0 Å². The maximum atomic E-state index is 11.7. The molecule has 3 rings (SSSR count). The van der Waals surface area contributed by atoms with Gasteiger partial charge in [0, 0.05) is 18.5 Å². The number of aromatic nitrogens is 1. The molecule has 0 radical (unpaired) electrons. The Morgan fingerprint density at radius 3 is 2.52 bits per heavy atom. The summed E-state index contributed by atoms with van der Waals surface area (Å²) in [6, 6.07) is 13.4. The highest BCUT2D eigenvalue weighted by Gasteiger charge is 2.20. The number of carbonyl (C=O) groups is 1. The first-order valence-corrected chi connectivity index (χ1v) is 6.47. The Morgan fingerprint density at radius 1 is 0.952 bits per heavy atom. The van der Waals surface area contributed by atoms with Crippen LogP contribution in [0.4, 0.5) is 0 Å². The summed E-state index contributed by atoms with van der Waals surface area (Å²) in [5, 5.41) is 0. The van der Waals surface area contributed by atoms with Crippen LogP contribution >= 0.6 is 0 Å². The van der Waals surface area contributed by atoms with E-state index in [1.54, 1.807) is 30.6 Å². The van der Waals surface area contributed by atoms with E-state index in [0.29, 0.717) is 5.90 Å². The van der Waals surface area contributed by atoms with Gasteiger partial charge in [-0.3, -0.25) is 4.98 Å². The molecule has 4 heteroatoms. The van der Waals surface area contributed by atoms with E-state index in [4.69, 9.17) is 4.74 Å². The molecule has 0 bridgehead atoms. The second kappa shape index (κ2) is 5.96. The number of ether oxygens (including phenoxy) is 1. The lowest BCUT2D eigenvalue weighted by Crippen LogP contribution is -2.01. The van der Waals surface area contributed by atoms with Gasteiger partial charge in [-0.2, -0.15) is 0 Å². The molecule has 0 fully saturated rings. The summed E-state index contributed by atoms with van der Waals surface area (Å²) in [6.45, 7) is 0. The van der Waals surface area contributed by atoms with Gasteiger partial charge in [0.25, 0.3) is 0 Å². The lowest BCUT2D eigenvalue weighted by Gasteiger charge is -1.92. The number of nitrogens with zero attached hydrogens (tertiary/aromatic N) is 2. The number of pyridine rings is 1. The van der Waals surface area contributed by atoms with Crippen molar-refractivity contribution < 1.29 is 9.53 Å². The monoisotopic (exact) mass is 276 g/mol. The van der Waals surface area contributed by atoms with Gasteiger partial charge in [0.15, 0.2) is 5.70 Å². The van der Waals surface area contributed by atoms with Crippen LogP contribution in [0.15, 0.2) is 71.6 Å². The van der Waals surface area contributed by atoms with Crippen LogP contribution in [0, 0.1) is 0 Å². The topological polar surface area (TPSA) is 51.5 Å². The molecule has 21 heavy (non-hydrogen) atoms. The first-order valence-electron chi connectivity index (χ1n) is 6.47. The lowest BCUT2D eigenvalue weighted by atomic mass is 10.2. The van der Waals surface area contributed by atoms with Crippen molar-refractivity contribution in [3.8, 4) is 0 Å². The third kappa shape index (κ3) is 3.30. The molecule has 1 aliphatic heterocycles. The zero-order valence-corrected chi connectivity index (χ0v) is 11.1.